The highest BCUT2D eigenvalue weighted by Gasteiger charge is 2.50. The van der Waals surface area contributed by atoms with Gasteiger partial charge in [-0.05, 0) is 94.1 Å². The number of carbonyl (C=O) groups is 1. The topological polar surface area (TPSA) is 62.8 Å². The third-order valence-corrected chi connectivity index (χ3v) is 7.30. The fourth-order valence-corrected chi connectivity index (χ4v) is 5.79. The molecule has 2 aromatic carbocycles. The third kappa shape index (κ3) is 4.29. The third-order valence-electron chi connectivity index (χ3n) is 7.30. The first-order valence-corrected chi connectivity index (χ1v) is 11.4. The number of nitrogens with zero attached hydrogens (tertiary/aromatic N) is 1. The minimum atomic E-state index is -0.126. The van der Waals surface area contributed by atoms with Crippen molar-refractivity contribution in [2.24, 2.45) is 0 Å². The van der Waals surface area contributed by atoms with Gasteiger partial charge >= 0.3 is 6.03 Å². The molecule has 2 amide bonds. The summed E-state index contributed by atoms with van der Waals surface area (Å²) in [6.07, 6.45) is 4.04. The molecule has 1 saturated heterocycles. The SMILES string of the molecule is COc1ccc([C@@]23CC[C@H](NC(=O)Nc4cc(C)cc(C)c4)C[C@H]2N(C)CC3)cc1OC. The molecule has 2 N–H and O–H groups in total. The maximum absolute atomic E-state index is 12.7. The summed E-state index contributed by atoms with van der Waals surface area (Å²) in [5.74, 6) is 1.54. The molecule has 6 heteroatoms. The number of urea groups is 1. The molecular formula is C26H35N3O3. The molecule has 2 aliphatic rings. The average Bonchev–Trinajstić information content (AvgIpc) is 3.09. The first kappa shape index (κ1) is 22.5. The van der Waals surface area contributed by atoms with Crippen LogP contribution in [0.15, 0.2) is 36.4 Å². The van der Waals surface area contributed by atoms with Gasteiger partial charge in [0, 0.05) is 23.2 Å². The monoisotopic (exact) mass is 437 g/mol. The van der Waals surface area contributed by atoms with Gasteiger partial charge in [0.05, 0.1) is 14.2 Å². The number of hydrogen-bond donors (Lipinski definition) is 2. The van der Waals surface area contributed by atoms with Crippen molar-refractivity contribution in [3.8, 4) is 11.5 Å². The Kier molecular flexibility index (Phi) is 6.33. The van der Waals surface area contributed by atoms with Gasteiger partial charge in [0.1, 0.15) is 0 Å². The van der Waals surface area contributed by atoms with Gasteiger partial charge in [-0.1, -0.05) is 12.1 Å². The smallest absolute Gasteiger partial charge is 0.319 e. The van der Waals surface area contributed by atoms with Gasteiger partial charge in [-0.2, -0.15) is 0 Å². The summed E-state index contributed by atoms with van der Waals surface area (Å²) in [7, 11) is 5.56. The van der Waals surface area contributed by atoms with E-state index >= 15 is 0 Å². The molecule has 1 aliphatic heterocycles. The first-order valence-electron chi connectivity index (χ1n) is 11.4. The molecule has 32 heavy (non-hydrogen) atoms. The van der Waals surface area contributed by atoms with Crippen molar-refractivity contribution in [3.63, 3.8) is 0 Å². The van der Waals surface area contributed by atoms with Gasteiger partial charge in [-0.15, -0.1) is 0 Å². The Balaban J connectivity index is 1.48. The molecular weight excluding hydrogens is 402 g/mol. The lowest BCUT2D eigenvalue weighted by molar-refractivity contribution is 0.156. The zero-order valence-corrected chi connectivity index (χ0v) is 19.8. The summed E-state index contributed by atoms with van der Waals surface area (Å²) in [6.45, 7) is 5.14. The van der Waals surface area contributed by atoms with E-state index < -0.39 is 0 Å². The molecule has 6 nitrogen and oxygen atoms in total. The number of ether oxygens (including phenoxy) is 2. The summed E-state index contributed by atoms with van der Waals surface area (Å²) in [5.41, 5.74) is 4.52. The van der Waals surface area contributed by atoms with E-state index in [-0.39, 0.29) is 17.5 Å². The molecule has 2 fully saturated rings. The van der Waals surface area contributed by atoms with Gasteiger partial charge < -0.3 is 25.0 Å². The van der Waals surface area contributed by atoms with Crippen LogP contribution in [0.1, 0.15) is 42.4 Å². The highest BCUT2D eigenvalue weighted by atomic mass is 16.5. The van der Waals surface area contributed by atoms with Crippen molar-refractivity contribution in [1.29, 1.82) is 0 Å². The second-order valence-electron chi connectivity index (χ2n) is 9.42. The van der Waals surface area contributed by atoms with Crippen molar-refractivity contribution in [1.82, 2.24) is 10.2 Å². The van der Waals surface area contributed by atoms with Crippen LogP contribution in [0.25, 0.3) is 0 Å². The molecule has 0 spiro atoms. The number of aryl methyl sites for hydroxylation is 2. The van der Waals surface area contributed by atoms with E-state index in [1.165, 1.54) is 5.56 Å². The lowest BCUT2D eigenvalue weighted by atomic mass is 9.65. The Morgan fingerprint density at radius 2 is 1.75 bits per heavy atom. The molecule has 0 radical (unpaired) electrons. The Bertz CT molecular complexity index is 972. The van der Waals surface area contributed by atoms with Crippen molar-refractivity contribution in [3.05, 3.63) is 53.1 Å². The Labute approximate surface area is 191 Å². The number of carbonyl (C=O) groups excluding carboxylic acids is 1. The van der Waals surface area contributed by atoms with Crippen molar-refractivity contribution >= 4 is 11.7 Å². The van der Waals surface area contributed by atoms with Crippen LogP contribution in [0.4, 0.5) is 10.5 Å². The molecule has 4 rings (SSSR count). The van der Waals surface area contributed by atoms with E-state index in [2.05, 4.69) is 40.8 Å². The first-order chi connectivity index (χ1) is 15.3. The standard InChI is InChI=1S/C26H35N3O3/c1-17-12-18(2)14-21(13-17)28-25(30)27-20-8-9-26(10-11-29(3)24(26)16-20)19-6-7-22(31-4)23(15-19)32-5/h6-7,12-15,20,24H,8-11,16H2,1-5H3,(H2,27,28,30)/t20-,24+,26-/m0/s1. The normalized spacial score (nSPS) is 25.2. The van der Waals surface area contributed by atoms with Gasteiger partial charge in [0.2, 0.25) is 0 Å². The van der Waals surface area contributed by atoms with E-state index in [9.17, 15) is 4.79 Å². The maximum Gasteiger partial charge on any atom is 0.319 e. The summed E-state index contributed by atoms with van der Waals surface area (Å²) >= 11 is 0. The number of amides is 2. The number of fused-ring (bicyclic) bond motifs is 1. The van der Waals surface area contributed by atoms with Gasteiger partial charge in [-0.3, -0.25) is 0 Å². The van der Waals surface area contributed by atoms with E-state index in [1.54, 1.807) is 14.2 Å². The van der Waals surface area contributed by atoms with Gasteiger partial charge in [0.15, 0.2) is 11.5 Å². The van der Waals surface area contributed by atoms with E-state index in [0.29, 0.717) is 6.04 Å². The summed E-state index contributed by atoms with van der Waals surface area (Å²) in [6, 6.07) is 12.9. The number of benzene rings is 2. The molecule has 2 aromatic rings. The van der Waals surface area contributed by atoms with Crippen molar-refractivity contribution in [2.75, 3.05) is 33.1 Å². The van der Waals surface area contributed by atoms with Crippen LogP contribution in [0.5, 0.6) is 11.5 Å². The highest BCUT2D eigenvalue weighted by molar-refractivity contribution is 5.89. The van der Waals surface area contributed by atoms with Crippen LogP contribution >= 0.6 is 0 Å². The fourth-order valence-electron chi connectivity index (χ4n) is 5.79. The molecule has 1 heterocycles. The predicted octanol–water partition coefficient (Wildman–Crippen LogP) is 4.64. The molecule has 1 aliphatic carbocycles. The van der Waals surface area contributed by atoms with E-state index in [0.717, 1.165) is 60.5 Å². The molecule has 172 valence electrons. The summed E-state index contributed by atoms with van der Waals surface area (Å²) < 4.78 is 11.0. The minimum Gasteiger partial charge on any atom is -0.493 e. The Morgan fingerprint density at radius 1 is 1.03 bits per heavy atom. The van der Waals surface area contributed by atoms with Crippen LogP contribution in [0, 0.1) is 13.8 Å². The second kappa shape index (κ2) is 9.02. The van der Waals surface area contributed by atoms with Crippen molar-refractivity contribution in [2.45, 2.75) is 57.0 Å². The molecule has 1 saturated carbocycles. The predicted molar refractivity (Wildman–Crippen MR) is 128 cm³/mol. The van der Waals surface area contributed by atoms with Crippen LogP contribution < -0.4 is 20.1 Å². The van der Waals surface area contributed by atoms with Gasteiger partial charge in [0.25, 0.3) is 0 Å². The number of nitrogens with one attached hydrogen (secondary N) is 2. The molecule has 3 atom stereocenters. The van der Waals surface area contributed by atoms with Gasteiger partial charge in [-0.25, -0.2) is 4.79 Å². The number of anilines is 1. The molecule has 0 aromatic heterocycles. The Hall–Kier alpha value is -2.73. The van der Waals surface area contributed by atoms with Crippen molar-refractivity contribution < 1.29 is 14.3 Å². The van der Waals surface area contributed by atoms with Crippen LogP contribution in [0.2, 0.25) is 0 Å². The number of hydrogen-bond acceptors (Lipinski definition) is 4. The number of likely N-dealkylation sites (tertiary alicyclic amines) is 1. The average molecular weight is 438 g/mol. The number of likely N-dealkylation sites (N-methyl/N-ethyl adjacent to an activating group) is 1. The highest BCUT2D eigenvalue weighted by Crippen LogP contribution is 2.49. The van der Waals surface area contributed by atoms with Crippen LogP contribution in [0.3, 0.4) is 0 Å². The largest absolute Gasteiger partial charge is 0.493 e. The van der Waals surface area contributed by atoms with E-state index in [1.807, 2.05) is 32.0 Å². The second-order valence-corrected chi connectivity index (χ2v) is 9.42. The summed E-state index contributed by atoms with van der Waals surface area (Å²) in [5, 5.41) is 6.24. The van der Waals surface area contributed by atoms with Crippen LogP contribution in [-0.2, 0) is 5.41 Å². The maximum atomic E-state index is 12.7. The van der Waals surface area contributed by atoms with E-state index in [4.69, 9.17) is 9.47 Å². The minimum absolute atomic E-state index is 0.0800. The zero-order valence-electron chi connectivity index (χ0n) is 19.8. The molecule has 0 bridgehead atoms. The summed E-state index contributed by atoms with van der Waals surface area (Å²) in [4.78, 5) is 15.2. The molecule has 0 unspecified atom stereocenters. The van der Waals surface area contributed by atoms with Crippen LogP contribution in [-0.4, -0.2) is 50.8 Å². The Morgan fingerprint density at radius 3 is 2.44 bits per heavy atom. The lowest BCUT2D eigenvalue weighted by Gasteiger charge is -2.45. The number of rotatable bonds is 5. The quantitative estimate of drug-likeness (QED) is 0.716. The zero-order chi connectivity index (χ0) is 22.9. The number of methoxy groups -OCH3 is 2. The lowest BCUT2D eigenvalue weighted by Crippen LogP contribution is -2.52. The fraction of sp³-hybridized carbons (Fsp3) is 0.500.